The molecule has 0 radical (unpaired) electrons. The number of fused-ring (bicyclic) bond motifs is 3. The largest absolute Gasteiger partial charge is 0.481 e. The smallest absolute Gasteiger partial charge is 0.258 e. The van der Waals surface area contributed by atoms with Crippen molar-refractivity contribution in [1.29, 1.82) is 0 Å². The summed E-state index contributed by atoms with van der Waals surface area (Å²) in [5, 5.41) is 1.12. The second-order valence-corrected chi connectivity index (χ2v) is 6.37. The van der Waals surface area contributed by atoms with Crippen molar-refractivity contribution < 1.29 is 13.9 Å². The Bertz CT molecular complexity index is 689. The van der Waals surface area contributed by atoms with Gasteiger partial charge in [-0.1, -0.05) is 19.8 Å². The van der Waals surface area contributed by atoms with Crippen LogP contribution in [0.2, 0.25) is 0 Å². The van der Waals surface area contributed by atoms with E-state index in [1.165, 1.54) is 18.4 Å². The third-order valence-corrected chi connectivity index (χ3v) is 4.59. The molecule has 1 aliphatic carbocycles. The Morgan fingerprint density at radius 2 is 2.13 bits per heavy atom. The predicted molar refractivity (Wildman–Crippen MR) is 90.6 cm³/mol. The highest BCUT2D eigenvalue weighted by atomic mass is 16.5. The van der Waals surface area contributed by atoms with E-state index in [0.29, 0.717) is 12.2 Å². The summed E-state index contributed by atoms with van der Waals surface area (Å²) >= 11 is 0. The van der Waals surface area contributed by atoms with Crippen molar-refractivity contribution in [1.82, 2.24) is 0 Å². The van der Waals surface area contributed by atoms with Crippen LogP contribution in [0.5, 0.6) is 5.75 Å². The van der Waals surface area contributed by atoms with Crippen molar-refractivity contribution in [3.63, 3.8) is 0 Å². The first-order valence-electron chi connectivity index (χ1n) is 8.69. The fraction of sp³-hybridized carbons (Fsp3) is 0.526. The van der Waals surface area contributed by atoms with Crippen LogP contribution in [0.4, 0.5) is 0 Å². The zero-order valence-corrected chi connectivity index (χ0v) is 13.8. The number of carbonyl (C=O) groups excluding carboxylic acids is 1. The Kier molecular flexibility index (Phi) is 4.89. The second kappa shape index (κ2) is 7.07. The quantitative estimate of drug-likeness (QED) is 0.781. The molecule has 0 aliphatic heterocycles. The third-order valence-electron chi connectivity index (χ3n) is 4.59. The van der Waals surface area contributed by atoms with Crippen LogP contribution < -0.4 is 10.5 Å². The maximum absolute atomic E-state index is 11.6. The molecule has 1 heterocycles. The van der Waals surface area contributed by atoms with Crippen LogP contribution >= 0.6 is 0 Å². The summed E-state index contributed by atoms with van der Waals surface area (Å²) in [7, 11) is 0. The van der Waals surface area contributed by atoms with E-state index in [2.05, 4.69) is 6.92 Å². The average Bonchev–Trinajstić information content (AvgIpc) is 2.92. The van der Waals surface area contributed by atoms with E-state index in [0.717, 1.165) is 48.8 Å². The van der Waals surface area contributed by atoms with Crippen molar-refractivity contribution in [3.8, 4) is 5.75 Å². The molecule has 3 rings (SSSR count). The number of aryl methyl sites for hydroxylation is 2. The first-order chi connectivity index (χ1) is 11.2. The highest BCUT2D eigenvalue weighted by molar-refractivity contribution is 5.84. The molecule has 4 nitrogen and oxygen atoms in total. The number of carbonyl (C=O) groups is 1. The SMILES string of the molecule is CCCCCC(Oc1ccc2oc3c(c2c1)CCCC3)C(N)=O. The highest BCUT2D eigenvalue weighted by Gasteiger charge is 2.20. The summed E-state index contributed by atoms with van der Waals surface area (Å²) in [4.78, 5) is 11.6. The lowest BCUT2D eigenvalue weighted by molar-refractivity contribution is -0.125. The van der Waals surface area contributed by atoms with Gasteiger partial charge in [0.1, 0.15) is 17.1 Å². The molecule has 1 aromatic heterocycles. The molecule has 124 valence electrons. The summed E-state index contributed by atoms with van der Waals surface area (Å²) in [6.07, 6.45) is 7.73. The number of nitrogens with two attached hydrogens (primary N) is 1. The molecule has 2 N–H and O–H groups in total. The molecule has 1 aromatic carbocycles. The number of amides is 1. The number of benzene rings is 1. The fourth-order valence-corrected chi connectivity index (χ4v) is 3.32. The van der Waals surface area contributed by atoms with Gasteiger partial charge in [-0.05, 0) is 50.3 Å². The van der Waals surface area contributed by atoms with Gasteiger partial charge in [-0.3, -0.25) is 4.79 Å². The molecule has 2 aromatic rings. The van der Waals surface area contributed by atoms with Crippen molar-refractivity contribution in [2.24, 2.45) is 5.73 Å². The number of hydrogen-bond acceptors (Lipinski definition) is 3. The molecule has 4 heteroatoms. The zero-order chi connectivity index (χ0) is 16.2. The van der Waals surface area contributed by atoms with Crippen molar-refractivity contribution in [3.05, 3.63) is 29.5 Å². The van der Waals surface area contributed by atoms with Crippen molar-refractivity contribution >= 4 is 16.9 Å². The molecular weight excluding hydrogens is 290 g/mol. The molecule has 1 atom stereocenters. The van der Waals surface area contributed by atoms with Crippen LogP contribution in [0.3, 0.4) is 0 Å². The predicted octanol–water partition coefficient (Wildman–Crippen LogP) is 4.12. The lowest BCUT2D eigenvalue weighted by atomic mass is 9.96. The van der Waals surface area contributed by atoms with Gasteiger partial charge in [0.2, 0.25) is 0 Å². The van der Waals surface area contributed by atoms with Gasteiger partial charge in [0.25, 0.3) is 5.91 Å². The molecular formula is C19H25NO3. The summed E-state index contributed by atoms with van der Waals surface area (Å²) in [5.41, 5.74) is 7.70. The minimum absolute atomic E-state index is 0.393. The Morgan fingerprint density at radius 1 is 1.30 bits per heavy atom. The van der Waals surface area contributed by atoms with Crippen molar-refractivity contribution in [2.45, 2.75) is 64.4 Å². The summed E-state index contributed by atoms with van der Waals surface area (Å²) < 4.78 is 11.8. The number of hydrogen-bond donors (Lipinski definition) is 1. The lowest BCUT2D eigenvalue weighted by Gasteiger charge is -2.16. The van der Waals surface area contributed by atoms with Gasteiger partial charge in [-0.2, -0.15) is 0 Å². The topological polar surface area (TPSA) is 65.5 Å². The maximum Gasteiger partial charge on any atom is 0.258 e. The van der Waals surface area contributed by atoms with Gasteiger partial charge in [-0.25, -0.2) is 0 Å². The van der Waals surface area contributed by atoms with Gasteiger partial charge >= 0.3 is 0 Å². The molecule has 1 unspecified atom stereocenters. The summed E-state index contributed by atoms with van der Waals surface area (Å²) in [5.74, 6) is 1.42. The standard InChI is InChI=1S/C19H25NO3/c1-2-3-4-9-18(19(20)21)22-13-10-11-17-15(12-13)14-7-5-6-8-16(14)23-17/h10-12,18H,2-9H2,1H3,(H2,20,21). The van der Waals surface area contributed by atoms with Gasteiger partial charge in [0.15, 0.2) is 6.10 Å². The Labute approximate surface area is 137 Å². The molecule has 0 bridgehead atoms. The summed E-state index contributed by atoms with van der Waals surface area (Å²) in [6.45, 7) is 2.14. The molecule has 1 amide bonds. The minimum Gasteiger partial charge on any atom is -0.481 e. The van der Waals surface area contributed by atoms with E-state index >= 15 is 0 Å². The normalized spacial score (nSPS) is 15.3. The van der Waals surface area contributed by atoms with E-state index in [-0.39, 0.29) is 0 Å². The van der Waals surface area contributed by atoms with Crippen LogP contribution in [0, 0.1) is 0 Å². The van der Waals surface area contributed by atoms with Gasteiger partial charge in [0.05, 0.1) is 0 Å². The highest BCUT2D eigenvalue weighted by Crippen LogP contribution is 2.34. The molecule has 1 aliphatic rings. The average molecular weight is 315 g/mol. The van der Waals surface area contributed by atoms with E-state index < -0.39 is 12.0 Å². The summed E-state index contributed by atoms with van der Waals surface area (Å²) in [6, 6.07) is 5.80. The van der Waals surface area contributed by atoms with Gasteiger partial charge < -0.3 is 14.9 Å². The van der Waals surface area contributed by atoms with E-state index in [4.69, 9.17) is 14.9 Å². The number of unbranched alkanes of at least 4 members (excludes halogenated alkanes) is 2. The van der Waals surface area contributed by atoms with Crippen LogP contribution in [-0.4, -0.2) is 12.0 Å². The third kappa shape index (κ3) is 3.52. The molecule has 0 saturated heterocycles. The zero-order valence-electron chi connectivity index (χ0n) is 13.8. The first-order valence-corrected chi connectivity index (χ1v) is 8.69. The number of rotatable bonds is 7. The second-order valence-electron chi connectivity index (χ2n) is 6.37. The van der Waals surface area contributed by atoms with Crippen LogP contribution in [0.25, 0.3) is 11.0 Å². The molecule has 0 saturated carbocycles. The first kappa shape index (κ1) is 15.9. The Morgan fingerprint density at radius 3 is 2.91 bits per heavy atom. The molecule has 23 heavy (non-hydrogen) atoms. The number of furan rings is 1. The minimum atomic E-state index is -0.554. The van der Waals surface area contributed by atoms with Crippen LogP contribution in [0.1, 0.15) is 56.8 Å². The van der Waals surface area contributed by atoms with E-state index in [1.807, 2.05) is 18.2 Å². The Hall–Kier alpha value is -1.97. The fourth-order valence-electron chi connectivity index (χ4n) is 3.32. The van der Waals surface area contributed by atoms with Crippen LogP contribution in [0.15, 0.2) is 22.6 Å². The maximum atomic E-state index is 11.6. The van der Waals surface area contributed by atoms with Crippen molar-refractivity contribution in [2.75, 3.05) is 0 Å². The number of ether oxygens (including phenoxy) is 1. The Balaban J connectivity index is 1.80. The van der Waals surface area contributed by atoms with Crippen LogP contribution in [-0.2, 0) is 17.6 Å². The van der Waals surface area contributed by atoms with Gasteiger partial charge in [-0.15, -0.1) is 0 Å². The van der Waals surface area contributed by atoms with Gasteiger partial charge in [0, 0.05) is 17.4 Å². The monoisotopic (exact) mass is 315 g/mol. The van der Waals surface area contributed by atoms with E-state index in [1.54, 1.807) is 0 Å². The molecule has 0 spiro atoms. The molecule has 0 fully saturated rings. The van der Waals surface area contributed by atoms with E-state index in [9.17, 15) is 4.79 Å². The number of primary amides is 1. The lowest BCUT2D eigenvalue weighted by Crippen LogP contribution is -2.33.